The Morgan fingerprint density at radius 1 is 1.42 bits per heavy atom. The van der Waals surface area contributed by atoms with E-state index in [4.69, 9.17) is 9.26 Å². The Bertz CT molecular complexity index is 542. The van der Waals surface area contributed by atoms with Crippen molar-refractivity contribution in [3.8, 4) is 11.4 Å². The minimum absolute atomic E-state index is 0.242. The maximum absolute atomic E-state index is 13.2. The first-order valence-electron chi connectivity index (χ1n) is 5.99. The largest absolute Gasteiger partial charge is 0.383 e. The molecule has 0 bridgehead atoms. The molecule has 19 heavy (non-hydrogen) atoms. The third-order valence-electron chi connectivity index (χ3n) is 2.64. The van der Waals surface area contributed by atoms with Gasteiger partial charge >= 0.3 is 0 Å². The lowest BCUT2D eigenvalue weighted by molar-refractivity contribution is 0.197. The molecule has 0 saturated carbocycles. The number of methoxy groups -OCH3 is 1. The van der Waals surface area contributed by atoms with Crippen LogP contribution in [0.2, 0.25) is 0 Å². The van der Waals surface area contributed by atoms with Crippen LogP contribution in [0.4, 0.5) is 4.39 Å². The minimum Gasteiger partial charge on any atom is -0.383 e. The van der Waals surface area contributed by atoms with Gasteiger partial charge in [0.25, 0.3) is 0 Å². The van der Waals surface area contributed by atoms with E-state index in [1.807, 2.05) is 0 Å². The molecule has 2 aromatic rings. The molecule has 1 aromatic heterocycles. The molecule has 0 radical (unpaired) electrons. The maximum atomic E-state index is 13.2. The Morgan fingerprint density at radius 2 is 2.26 bits per heavy atom. The summed E-state index contributed by atoms with van der Waals surface area (Å²) in [5.41, 5.74) is 1.30. The SMILES string of the molecule is COCCNCc1nc(-c2ccc(F)c(C)c2)no1. The molecule has 1 N–H and O–H groups in total. The summed E-state index contributed by atoms with van der Waals surface area (Å²) in [6.07, 6.45) is 0. The molecule has 1 heterocycles. The molecular weight excluding hydrogens is 249 g/mol. The Kier molecular flexibility index (Phi) is 4.59. The first kappa shape index (κ1) is 13.6. The van der Waals surface area contributed by atoms with Gasteiger partial charge in [-0.1, -0.05) is 5.16 Å². The summed E-state index contributed by atoms with van der Waals surface area (Å²) in [6, 6.07) is 4.73. The second-order valence-electron chi connectivity index (χ2n) is 4.15. The summed E-state index contributed by atoms with van der Waals surface area (Å²) in [6.45, 7) is 3.52. The highest BCUT2D eigenvalue weighted by Crippen LogP contribution is 2.18. The molecule has 6 heteroatoms. The standard InChI is InChI=1S/C13H16FN3O2/c1-9-7-10(3-4-11(9)14)13-16-12(19-17-13)8-15-5-6-18-2/h3-4,7,15H,5-6,8H2,1-2H3. The predicted octanol–water partition coefficient (Wildman–Crippen LogP) is 1.92. The predicted molar refractivity (Wildman–Crippen MR) is 68.0 cm³/mol. The van der Waals surface area contributed by atoms with Crippen LogP contribution in [0.25, 0.3) is 11.4 Å². The molecule has 102 valence electrons. The molecule has 1 aromatic carbocycles. The summed E-state index contributed by atoms with van der Waals surface area (Å²) in [7, 11) is 1.64. The van der Waals surface area contributed by atoms with E-state index in [-0.39, 0.29) is 5.82 Å². The van der Waals surface area contributed by atoms with E-state index in [0.717, 1.165) is 5.56 Å². The molecule has 0 amide bonds. The summed E-state index contributed by atoms with van der Waals surface area (Å²) in [5, 5.41) is 6.98. The van der Waals surface area contributed by atoms with Crippen LogP contribution in [0.3, 0.4) is 0 Å². The molecule has 2 rings (SSSR count). The summed E-state index contributed by atoms with van der Waals surface area (Å²) in [5.74, 6) is 0.716. The van der Waals surface area contributed by atoms with Gasteiger partial charge in [-0.2, -0.15) is 4.98 Å². The number of nitrogens with one attached hydrogen (secondary N) is 1. The van der Waals surface area contributed by atoms with Crippen LogP contribution >= 0.6 is 0 Å². The van der Waals surface area contributed by atoms with Crippen LogP contribution in [-0.2, 0) is 11.3 Å². The molecular formula is C13H16FN3O2. The first-order chi connectivity index (χ1) is 9.20. The van der Waals surface area contributed by atoms with E-state index in [1.54, 1.807) is 26.2 Å². The second-order valence-corrected chi connectivity index (χ2v) is 4.15. The van der Waals surface area contributed by atoms with E-state index in [2.05, 4.69) is 15.5 Å². The summed E-state index contributed by atoms with van der Waals surface area (Å²) >= 11 is 0. The van der Waals surface area contributed by atoms with Crippen molar-refractivity contribution >= 4 is 0 Å². The van der Waals surface area contributed by atoms with Gasteiger partial charge in [0, 0.05) is 19.2 Å². The normalized spacial score (nSPS) is 10.9. The van der Waals surface area contributed by atoms with Crippen molar-refractivity contribution in [2.45, 2.75) is 13.5 Å². The van der Waals surface area contributed by atoms with Gasteiger partial charge in [0.2, 0.25) is 11.7 Å². The van der Waals surface area contributed by atoms with Gasteiger partial charge in [0.1, 0.15) is 5.82 Å². The molecule has 0 atom stereocenters. The lowest BCUT2D eigenvalue weighted by Gasteiger charge is -1.99. The van der Waals surface area contributed by atoms with Gasteiger partial charge in [0.15, 0.2) is 0 Å². The van der Waals surface area contributed by atoms with Crippen LogP contribution in [0.15, 0.2) is 22.7 Å². The number of aromatic nitrogens is 2. The fourth-order valence-corrected chi connectivity index (χ4v) is 1.60. The van der Waals surface area contributed by atoms with Crippen molar-refractivity contribution in [3.05, 3.63) is 35.5 Å². The summed E-state index contributed by atoms with van der Waals surface area (Å²) in [4.78, 5) is 4.25. The van der Waals surface area contributed by atoms with Crippen molar-refractivity contribution < 1.29 is 13.7 Å². The van der Waals surface area contributed by atoms with Crippen molar-refractivity contribution in [1.29, 1.82) is 0 Å². The molecule has 0 aliphatic rings. The van der Waals surface area contributed by atoms with Crippen molar-refractivity contribution in [2.24, 2.45) is 0 Å². The van der Waals surface area contributed by atoms with Crippen molar-refractivity contribution in [3.63, 3.8) is 0 Å². The Balaban J connectivity index is 2.01. The van der Waals surface area contributed by atoms with Crippen molar-refractivity contribution in [2.75, 3.05) is 20.3 Å². The number of rotatable bonds is 6. The Morgan fingerprint density at radius 3 is 3.00 bits per heavy atom. The third kappa shape index (κ3) is 3.59. The monoisotopic (exact) mass is 265 g/mol. The van der Waals surface area contributed by atoms with Crippen LogP contribution < -0.4 is 5.32 Å². The smallest absolute Gasteiger partial charge is 0.240 e. The van der Waals surface area contributed by atoms with E-state index in [9.17, 15) is 4.39 Å². The molecule has 0 spiro atoms. The zero-order chi connectivity index (χ0) is 13.7. The van der Waals surface area contributed by atoms with Crippen LogP contribution in [-0.4, -0.2) is 30.4 Å². The van der Waals surface area contributed by atoms with Crippen LogP contribution in [0.5, 0.6) is 0 Å². The molecule has 5 nitrogen and oxygen atoms in total. The zero-order valence-corrected chi connectivity index (χ0v) is 10.9. The lowest BCUT2D eigenvalue weighted by atomic mass is 10.1. The van der Waals surface area contributed by atoms with Crippen LogP contribution in [0.1, 0.15) is 11.5 Å². The number of nitrogens with zero attached hydrogens (tertiary/aromatic N) is 2. The highest BCUT2D eigenvalue weighted by molar-refractivity contribution is 5.55. The highest BCUT2D eigenvalue weighted by atomic mass is 19.1. The molecule has 0 saturated heterocycles. The molecule has 0 unspecified atom stereocenters. The average molecular weight is 265 g/mol. The second kappa shape index (κ2) is 6.40. The first-order valence-corrected chi connectivity index (χ1v) is 5.99. The number of hydrogen-bond donors (Lipinski definition) is 1. The number of aryl methyl sites for hydroxylation is 1. The Labute approximate surface area is 110 Å². The zero-order valence-electron chi connectivity index (χ0n) is 10.9. The molecule has 0 aliphatic heterocycles. The van der Waals surface area contributed by atoms with Crippen molar-refractivity contribution in [1.82, 2.24) is 15.5 Å². The molecule has 0 aliphatic carbocycles. The van der Waals surface area contributed by atoms with E-state index in [1.165, 1.54) is 6.07 Å². The highest BCUT2D eigenvalue weighted by Gasteiger charge is 2.09. The topological polar surface area (TPSA) is 60.2 Å². The molecule has 0 fully saturated rings. The lowest BCUT2D eigenvalue weighted by Crippen LogP contribution is -2.18. The van der Waals surface area contributed by atoms with Crippen LogP contribution in [0, 0.1) is 12.7 Å². The van der Waals surface area contributed by atoms with Gasteiger partial charge in [-0.3, -0.25) is 0 Å². The average Bonchev–Trinajstić information content (AvgIpc) is 2.87. The maximum Gasteiger partial charge on any atom is 0.240 e. The fraction of sp³-hybridized carbons (Fsp3) is 0.385. The van der Waals surface area contributed by atoms with Gasteiger partial charge in [-0.25, -0.2) is 4.39 Å². The number of halogens is 1. The van der Waals surface area contributed by atoms with E-state index < -0.39 is 0 Å². The number of benzene rings is 1. The number of hydrogen-bond acceptors (Lipinski definition) is 5. The summed E-state index contributed by atoms with van der Waals surface area (Å²) < 4.78 is 23.2. The van der Waals surface area contributed by atoms with E-state index in [0.29, 0.717) is 37.0 Å². The van der Waals surface area contributed by atoms with Gasteiger partial charge in [-0.15, -0.1) is 0 Å². The quantitative estimate of drug-likeness (QED) is 0.809. The van der Waals surface area contributed by atoms with Gasteiger partial charge in [0.05, 0.1) is 13.2 Å². The fourth-order valence-electron chi connectivity index (χ4n) is 1.60. The Hall–Kier alpha value is -1.79. The third-order valence-corrected chi connectivity index (χ3v) is 2.64. The minimum atomic E-state index is -0.242. The number of ether oxygens (including phenoxy) is 1. The van der Waals surface area contributed by atoms with Gasteiger partial charge in [-0.05, 0) is 30.7 Å². The van der Waals surface area contributed by atoms with Gasteiger partial charge < -0.3 is 14.6 Å². The van der Waals surface area contributed by atoms with E-state index >= 15 is 0 Å².